The van der Waals surface area contributed by atoms with Crippen LogP contribution in [0.25, 0.3) is 10.2 Å². The van der Waals surface area contributed by atoms with Crippen LogP contribution >= 0.6 is 11.3 Å². The quantitative estimate of drug-likeness (QED) is 0.710. The smallest absolute Gasteiger partial charge is 0.279 e. The topological polar surface area (TPSA) is 76.9 Å². The Labute approximate surface area is 173 Å². The van der Waals surface area contributed by atoms with E-state index in [1.807, 2.05) is 24.3 Å². The average molecular weight is 411 g/mol. The van der Waals surface area contributed by atoms with Crippen LogP contribution in [0.1, 0.15) is 50.1 Å². The second-order valence-corrected chi connectivity index (χ2v) is 10.0. The van der Waals surface area contributed by atoms with Crippen LogP contribution in [-0.4, -0.2) is 20.9 Å². The Morgan fingerprint density at radius 2 is 2.00 bits per heavy atom. The summed E-state index contributed by atoms with van der Waals surface area (Å²) in [4.78, 5) is 27.4. The maximum atomic E-state index is 13.0. The van der Waals surface area contributed by atoms with Crippen LogP contribution in [0.2, 0.25) is 0 Å². The van der Waals surface area contributed by atoms with Gasteiger partial charge >= 0.3 is 0 Å². The summed E-state index contributed by atoms with van der Waals surface area (Å²) >= 11 is 1.56. The van der Waals surface area contributed by atoms with Crippen LogP contribution in [0, 0.1) is 5.92 Å². The minimum Gasteiger partial charge on any atom is -0.324 e. The normalized spacial score (nSPS) is 16.6. The Hall–Kier alpha value is -2.54. The number of aromatic nitrogens is 3. The Bertz CT molecular complexity index is 1120. The minimum atomic E-state index is -0.290. The van der Waals surface area contributed by atoms with Gasteiger partial charge in [-0.3, -0.25) is 9.59 Å². The van der Waals surface area contributed by atoms with Crippen molar-refractivity contribution >= 4 is 33.1 Å². The van der Waals surface area contributed by atoms with Crippen LogP contribution in [0.15, 0.2) is 29.1 Å². The van der Waals surface area contributed by atoms with Gasteiger partial charge in [0.25, 0.3) is 5.56 Å². The van der Waals surface area contributed by atoms with Crippen molar-refractivity contribution in [3.63, 3.8) is 0 Å². The number of nitrogens with one attached hydrogen (secondary N) is 1. The van der Waals surface area contributed by atoms with E-state index in [1.165, 1.54) is 15.1 Å². The lowest BCUT2D eigenvalue weighted by Crippen LogP contribution is -2.30. The first kappa shape index (κ1) is 19.8. The number of carbonyl (C=O) groups is 1. The Balaban J connectivity index is 1.54. The van der Waals surface area contributed by atoms with Crippen LogP contribution < -0.4 is 10.9 Å². The highest BCUT2D eigenvalue weighted by atomic mass is 32.1. The Morgan fingerprint density at radius 1 is 1.28 bits per heavy atom. The molecule has 0 spiro atoms. The maximum Gasteiger partial charge on any atom is 0.279 e. The molecule has 0 fully saturated rings. The molecule has 1 atom stereocenters. The van der Waals surface area contributed by atoms with E-state index in [0.29, 0.717) is 21.8 Å². The highest BCUT2D eigenvalue weighted by Crippen LogP contribution is 2.35. The van der Waals surface area contributed by atoms with Crippen molar-refractivity contribution in [1.82, 2.24) is 15.0 Å². The fraction of sp³-hybridized carbons (Fsp3) is 0.455. The second kappa shape index (κ2) is 7.37. The molecular weight excluding hydrogens is 384 g/mol. The molecule has 1 N–H and O–H groups in total. The van der Waals surface area contributed by atoms with Gasteiger partial charge in [-0.15, -0.1) is 16.4 Å². The molecule has 1 amide bonds. The Kier molecular flexibility index (Phi) is 5.02. The first-order valence-corrected chi connectivity index (χ1v) is 10.8. The molecule has 3 aromatic rings. The zero-order chi connectivity index (χ0) is 20.8. The molecule has 1 aliphatic rings. The summed E-state index contributed by atoms with van der Waals surface area (Å²) < 4.78 is 1.17. The number of nitrogens with zero attached hydrogens (tertiary/aromatic N) is 3. The van der Waals surface area contributed by atoms with Crippen LogP contribution in [0.3, 0.4) is 0 Å². The van der Waals surface area contributed by atoms with Crippen molar-refractivity contribution in [2.75, 3.05) is 5.32 Å². The molecule has 0 saturated carbocycles. The molecule has 2 aromatic heterocycles. The molecule has 1 aromatic carbocycles. The molecule has 0 saturated heterocycles. The highest BCUT2D eigenvalue weighted by molar-refractivity contribution is 7.18. The van der Waals surface area contributed by atoms with E-state index in [9.17, 15) is 9.59 Å². The van der Waals surface area contributed by atoms with E-state index in [-0.39, 0.29) is 23.4 Å². The SMILES string of the molecule is C[C@H]1CCc2c(sc3nnn(CC(=O)Nc4ccc(C(C)(C)C)cc4)c(=O)c23)C1. The van der Waals surface area contributed by atoms with Crippen molar-refractivity contribution in [2.24, 2.45) is 5.92 Å². The second-order valence-electron chi connectivity index (χ2n) is 8.96. The lowest BCUT2D eigenvalue weighted by molar-refractivity contribution is -0.117. The predicted molar refractivity (Wildman–Crippen MR) is 117 cm³/mol. The van der Waals surface area contributed by atoms with Crippen molar-refractivity contribution < 1.29 is 4.79 Å². The lowest BCUT2D eigenvalue weighted by atomic mass is 9.87. The minimum absolute atomic E-state index is 0.0539. The van der Waals surface area contributed by atoms with Gasteiger partial charge in [-0.25, -0.2) is 4.68 Å². The van der Waals surface area contributed by atoms with Gasteiger partial charge in [0.05, 0.1) is 5.39 Å². The monoisotopic (exact) mass is 410 g/mol. The van der Waals surface area contributed by atoms with Crippen molar-refractivity contribution in [3.05, 3.63) is 50.6 Å². The number of carbonyl (C=O) groups excluding carboxylic acids is 1. The van der Waals surface area contributed by atoms with Crippen LogP contribution in [0.4, 0.5) is 5.69 Å². The standard InChI is InChI=1S/C22H26N4O2S/c1-13-5-10-16-17(11-13)29-20-19(16)21(28)26(25-24-20)12-18(27)23-15-8-6-14(7-9-15)22(2,3)4/h6-9,13H,5,10-12H2,1-4H3,(H,23,27)/t13-/m0/s1. The molecule has 0 unspecified atom stereocenters. The summed E-state index contributed by atoms with van der Waals surface area (Å²) in [5.41, 5.74) is 2.83. The molecular formula is C22H26N4O2S. The fourth-order valence-electron chi connectivity index (χ4n) is 3.79. The van der Waals surface area contributed by atoms with Gasteiger partial charge in [-0.2, -0.15) is 0 Å². The number of benzene rings is 1. The van der Waals surface area contributed by atoms with E-state index in [0.717, 1.165) is 24.8 Å². The zero-order valence-electron chi connectivity index (χ0n) is 17.3. The van der Waals surface area contributed by atoms with Crippen LogP contribution in [-0.2, 0) is 29.6 Å². The number of thiophene rings is 1. The number of amides is 1. The van der Waals surface area contributed by atoms with Gasteiger partial charge in [0.2, 0.25) is 5.91 Å². The summed E-state index contributed by atoms with van der Waals surface area (Å²) in [6.07, 6.45) is 2.95. The molecule has 0 bridgehead atoms. The molecule has 6 nitrogen and oxygen atoms in total. The number of aryl methyl sites for hydroxylation is 1. The lowest BCUT2D eigenvalue weighted by Gasteiger charge is -2.19. The first-order valence-electron chi connectivity index (χ1n) is 10.0. The van der Waals surface area contributed by atoms with Crippen LogP contribution in [0.5, 0.6) is 0 Å². The van der Waals surface area contributed by atoms with Gasteiger partial charge in [-0.1, -0.05) is 45.0 Å². The van der Waals surface area contributed by atoms with Crippen molar-refractivity contribution in [1.29, 1.82) is 0 Å². The number of anilines is 1. The molecule has 2 heterocycles. The summed E-state index contributed by atoms with van der Waals surface area (Å²) in [5.74, 6) is 0.336. The molecule has 7 heteroatoms. The van der Waals surface area contributed by atoms with E-state index < -0.39 is 0 Å². The van der Waals surface area contributed by atoms with Crippen molar-refractivity contribution in [2.45, 2.75) is 58.9 Å². The van der Waals surface area contributed by atoms with E-state index in [2.05, 4.69) is 43.3 Å². The van der Waals surface area contributed by atoms with E-state index in [1.54, 1.807) is 11.3 Å². The third-order valence-electron chi connectivity index (χ3n) is 5.51. The van der Waals surface area contributed by atoms with Gasteiger partial charge in [0.15, 0.2) is 4.83 Å². The van der Waals surface area contributed by atoms with Gasteiger partial charge in [-0.05, 0) is 53.9 Å². The number of fused-ring (bicyclic) bond motifs is 3. The highest BCUT2D eigenvalue weighted by Gasteiger charge is 2.24. The van der Waals surface area contributed by atoms with Gasteiger partial charge in [0, 0.05) is 10.6 Å². The molecule has 0 aliphatic heterocycles. The third kappa shape index (κ3) is 3.96. The Morgan fingerprint density at radius 3 is 2.69 bits per heavy atom. The third-order valence-corrected chi connectivity index (χ3v) is 6.65. The summed E-state index contributed by atoms with van der Waals surface area (Å²) in [6, 6.07) is 7.78. The molecule has 0 radical (unpaired) electrons. The van der Waals surface area contributed by atoms with E-state index >= 15 is 0 Å². The fourth-order valence-corrected chi connectivity index (χ4v) is 5.10. The molecule has 152 valence electrons. The van der Waals surface area contributed by atoms with Gasteiger partial charge in [0.1, 0.15) is 6.54 Å². The average Bonchev–Trinajstić information content (AvgIpc) is 3.02. The summed E-state index contributed by atoms with van der Waals surface area (Å²) in [7, 11) is 0. The number of hydrogen-bond acceptors (Lipinski definition) is 5. The van der Waals surface area contributed by atoms with Gasteiger partial charge < -0.3 is 5.32 Å². The zero-order valence-corrected chi connectivity index (χ0v) is 18.1. The summed E-state index contributed by atoms with van der Waals surface area (Å²) in [5, 5.41) is 11.7. The number of hydrogen-bond donors (Lipinski definition) is 1. The summed E-state index contributed by atoms with van der Waals surface area (Å²) in [6.45, 7) is 8.52. The maximum absolute atomic E-state index is 13.0. The molecule has 4 rings (SSSR count). The molecule has 1 aliphatic carbocycles. The van der Waals surface area contributed by atoms with Crippen molar-refractivity contribution in [3.8, 4) is 0 Å². The first-order chi connectivity index (χ1) is 13.7. The largest absolute Gasteiger partial charge is 0.324 e. The predicted octanol–water partition coefficient (Wildman–Crippen LogP) is 3.91. The molecule has 29 heavy (non-hydrogen) atoms. The number of rotatable bonds is 3. The van der Waals surface area contributed by atoms with E-state index in [4.69, 9.17) is 0 Å².